The van der Waals surface area contributed by atoms with E-state index in [-0.39, 0.29) is 5.54 Å². The van der Waals surface area contributed by atoms with E-state index in [4.69, 9.17) is 0 Å². The molecule has 1 unspecified atom stereocenters. The van der Waals surface area contributed by atoms with Gasteiger partial charge in [0.25, 0.3) is 0 Å². The molecule has 0 fully saturated rings. The SMILES string of the molecule is CCNC(CN(C)C(C)(C)CC)c1ccccc1. The van der Waals surface area contributed by atoms with Gasteiger partial charge in [-0.25, -0.2) is 0 Å². The normalized spacial score (nSPS) is 13.9. The molecule has 18 heavy (non-hydrogen) atoms. The molecule has 0 amide bonds. The van der Waals surface area contributed by atoms with Crippen LogP contribution in [0, 0.1) is 0 Å². The van der Waals surface area contributed by atoms with Crippen LogP contribution in [0.1, 0.15) is 45.7 Å². The van der Waals surface area contributed by atoms with Gasteiger partial charge >= 0.3 is 0 Å². The summed E-state index contributed by atoms with van der Waals surface area (Å²) in [5, 5.41) is 3.58. The van der Waals surface area contributed by atoms with Crippen LogP contribution in [0.5, 0.6) is 0 Å². The van der Waals surface area contributed by atoms with Gasteiger partial charge in [0.15, 0.2) is 0 Å². The van der Waals surface area contributed by atoms with Crippen LogP contribution in [0.4, 0.5) is 0 Å². The van der Waals surface area contributed by atoms with E-state index in [9.17, 15) is 0 Å². The molecule has 1 aromatic rings. The van der Waals surface area contributed by atoms with Crippen molar-refractivity contribution in [2.75, 3.05) is 20.1 Å². The second-order valence-electron chi connectivity index (χ2n) is 5.57. The smallest absolute Gasteiger partial charge is 0.0449 e. The number of hydrogen-bond acceptors (Lipinski definition) is 2. The van der Waals surface area contributed by atoms with Gasteiger partial charge < -0.3 is 5.32 Å². The van der Waals surface area contributed by atoms with Gasteiger partial charge in [0.1, 0.15) is 0 Å². The van der Waals surface area contributed by atoms with Crippen LogP contribution in [0.3, 0.4) is 0 Å². The van der Waals surface area contributed by atoms with Crippen LogP contribution >= 0.6 is 0 Å². The number of rotatable bonds is 7. The van der Waals surface area contributed by atoms with Gasteiger partial charge in [-0.2, -0.15) is 0 Å². The Morgan fingerprint density at radius 2 is 1.78 bits per heavy atom. The molecule has 102 valence electrons. The highest BCUT2D eigenvalue weighted by Gasteiger charge is 2.24. The van der Waals surface area contributed by atoms with Crippen LogP contribution in [0.15, 0.2) is 30.3 Å². The molecule has 1 aromatic carbocycles. The molecule has 0 aliphatic heterocycles. The summed E-state index contributed by atoms with van der Waals surface area (Å²) < 4.78 is 0. The number of likely N-dealkylation sites (N-methyl/N-ethyl adjacent to an activating group) is 2. The van der Waals surface area contributed by atoms with Gasteiger partial charge in [-0.15, -0.1) is 0 Å². The number of nitrogens with one attached hydrogen (secondary N) is 1. The fourth-order valence-electron chi connectivity index (χ4n) is 2.01. The van der Waals surface area contributed by atoms with Crippen LogP contribution in [0.25, 0.3) is 0 Å². The van der Waals surface area contributed by atoms with Crippen LogP contribution in [0.2, 0.25) is 0 Å². The first-order valence-electron chi connectivity index (χ1n) is 7.00. The molecule has 0 aliphatic carbocycles. The summed E-state index contributed by atoms with van der Waals surface area (Å²) in [6, 6.07) is 11.1. The first-order chi connectivity index (χ1) is 8.51. The highest BCUT2D eigenvalue weighted by Crippen LogP contribution is 2.21. The zero-order valence-corrected chi connectivity index (χ0v) is 12.5. The van der Waals surface area contributed by atoms with Crippen molar-refractivity contribution >= 4 is 0 Å². The van der Waals surface area contributed by atoms with Crippen molar-refractivity contribution in [2.45, 2.75) is 45.7 Å². The summed E-state index contributed by atoms with van der Waals surface area (Å²) in [5.74, 6) is 0. The molecule has 1 rings (SSSR count). The first kappa shape index (κ1) is 15.2. The maximum Gasteiger partial charge on any atom is 0.0449 e. The van der Waals surface area contributed by atoms with Gasteiger partial charge in [-0.3, -0.25) is 4.90 Å². The lowest BCUT2D eigenvalue weighted by Crippen LogP contribution is -2.45. The van der Waals surface area contributed by atoms with Crippen molar-refractivity contribution in [3.8, 4) is 0 Å². The van der Waals surface area contributed by atoms with Crippen molar-refractivity contribution in [1.82, 2.24) is 10.2 Å². The third-order valence-corrected chi connectivity index (χ3v) is 4.01. The molecule has 0 radical (unpaired) electrons. The third-order valence-electron chi connectivity index (χ3n) is 4.01. The lowest BCUT2D eigenvalue weighted by Gasteiger charge is -2.37. The number of benzene rings is 1. The molecular weight excluding hydrogens is 220 g/mol. The van der Waals surface area contributed by atoms with E-state index in [2.05, 4.69) is 75.3 Å². The minimum atomic E-state index is 0.252. The lowest BCUT2D eigenvalue weighted by molar-refractivity contribution is 0.136. The average molecular weight is 248 g/mol. The maximum absolute atomic E-state index is 3.58. The predicted molar refractivity (Wildman–Crippen MR) is 79.9 cm³/mol. The number of nitrogens with zero attached hydrogens (tertiary/aromatic N) is 1. The summed E-state index contributed by atoms with van der Waals surface area (Å²) >= 11 is 0. The summed E-state index contributed by atoms with van der Waals surface area (Å²) in [6.07, 6.45) is 1.16. The zero-order valence-electron chi connectivity index (χ0n) is 12.5. The van der Waals surface area contributed by atoms with E-state index in [1.165, 1.54) is 5.56 Å². The van der Waals surface area contributed by atoms with Crippen molar-refractivity contribution in [3.63, 3.8) is 0 Å². The second-order valence-corrected chi connectivity index (χ2v) is 5.57. The van der Waals surface area contributed by atoms with E-state index in [0.29, 0.717) is 6.04 Å². The van der Waals surface area contributed by atoms with E-state index >= 15 is 0 Å². The van der Waals surface area contributed by atoms with Crippen molar-refractivity contribution in [2.24, 2.45) is 0 Å². The molecule has 0 aliphatic rings. The average Bonchev–Trinajstić information content (AvgIpc) is 2.39. The summed E-state index contributed by atoms with van der Waals surface area (Å²) in [7, 11) is 2.22. The summed E-state index contributed by atoms with van der Waals surface area (Å²) in [5.41, 5.74) is 1.63. The molecule has 1 N–H and O–H groups in total. The Hall–Kier alpha value is -0.860. The van der Waals surface area contributed by atoms with E-state index in [0.717, 1.165) is 19.5 Å². The van der Waals surface area contributed by atoms with Gasteiger partial charge in [-0.05, 0) is 39.4 Å². The highest BCUT2D eigenvalue weighted by atomic mass is 15.2. The Balaban J connectivity index is 2.75. The Morgan fingerprint density at radius 3 is 2.28 bits per heavy atom. The Morgan fingerprint density at radius 1 is 1.17 bits per heavy atom. The van der Waals surface area contributed by atoms with Gasteiger partial charge in [-0.1, -0.05) is 44.2 Å². The van der Waals surface area contributed by atoms with Gasteiger partial charge in [0, 0.05) is 18.1 Å². The summed E-state index contributed by atoms with van der Waals surface area (Å²) in [4.78, 5) is 2.45. The second kappa shape index (κ2) is 6.91. The Labute approximate surface area is 112 Å². The molecule has 1 atom stereocenters. The van der Waals surface area contributed by atoms with Crippen LogP contribution < -0.4 is 5.32 Å². The molecule has 2 heteroatoms. The zero-order chi connectivity index (χ0) is 13.6. The molecular formula is C16H28N2. The van der Waals surface area contributed by atoms with Crippen molar-refractivity contribution in [1.29, 1.82) is 0 Å². The number of hydrogen-bond donors (Lipinski definition) is 1. The Bertz CT molecular complexity index is 332. The van der Waals surface area contributed by atoms with E-state index in [1.54, 1.807) is 0 Å². The molecule has 0 heterocycles. The minimum absolute atomic E-state index is 0.252. The predicted octanol–water partition coefficient (Wildman–Crippen LogP) is 3.46. The topological polar surface area (TPSA) is 15.3 Å². The van der Waals surface area contributed by atoms with Crippen LogP contribution in [-0.2, 0) is 0 Å². The van der Waals surface area contributed by atoms with Crippen LogP contribution in [-0.4, -0.2) is 30.6 Å². The Kier molecular flexibility index (Phi) is 5.83. The lowest BCUT2D eigenvalue weighted by atomic mass is 9.98. The first-order valence-corrected chi connectivity index (χ1v) is 7.00. The third kappa shape index (κ3) is 4.11. The fraction of sp³-hybridized carbons (Fsp3) is 0.625. The quantitative estimate of drug-likeness (QED) is 0.795. The molecule has 0 saturated carbocycles. The van der Waals surface area contributed by atoms with Gasteiger partial charge in [0.05, 0.1) is 0 Å². The monoisotopic (exact) mass is 248 g/mol. The molecule has 0 saturated heterocycles. The van der Waals surface area contributed by atoms with E-state index < -0.39 is 0 Å². The molecule has 0 aromatic heterocycles. The maximum atomic E-state index is 3.58. The van der Waals surface area contributed by atoms with E-state index in [1.807, 2.05) is 0 Å². The molecule has 2 nitrogen and oxygen atoms in total. The summed E-state index contributed by atoms with van der Waals surface area (Å²) in [6.45, 7) is 11.1. The molecule has 0 spiro atoms. The molecule has 0 bridgehead atoms. The fourth-order valence-corrected chi connectivity index (χ4v) is 2.01. The highest BCUT2D eigenvalue weighted by molar-refractivity contribution is 5.19. The van der Waals surface area contributed by atoms with Gasteiger partial charge in [0.2, 0.25) is 0 Å². The standard InChI is InChI=1S/C16H28N2/c1-6-16(3,4)18(5)13-15(17-7-2)14-11-9-8-10-12-14/h8-12,15,17H,6-7,13H2,1-5H3. The minimum Gasteiger partial charge on any atom is -0.309 e. The van der Waals surface area contributed by atoms with Crippen molar-refractivity contribution < 1.29 is 0 Å². The van der Waals surface area contributed by atoms with Crippen molar-refractivity contribution in [3.05, 3.63) is 35.9 Å². The largest absolute Gasteiger partial charge is 0.309 e.